The Morgan fingerprint density at radius 1 is 0.431 bits per heavy atom. The molecule has 0 fully saturated rings. The number of nitriles is 1. The highest BCUT2D eigenvalue weighted by Gasteiger charge is 2.49. The summed E-state index contributed by atoms with van der Waals surface area (Å²) in [6, 6.07) is 58.0. The Hall–Kier alpha value is -6.96. The predicted octanol–water partition coefficient (Wildman–Crippen LogP) is 10.8. The molecule has 0 amide bonds. The van der Waals surface area contributed by atoms with Crippen LogP contribution in [0, 0.1) is 11.3 Å². The van der Waals surface area contributed by atoms with Crippen LogP contribution in [0.4, 0.5) is 0 Å². The lowest BCUT2D eigenvalue weighted by atomic mass is 9.65. The Morgan fingerprint density at radius 2 is 0.941 bits per heavy atom. The Labute approximate surface area is 296 Å². The van der Waals surface area contributed by atoms with Gasteiger partial charge in [0.2, 0.25) is 0 Å². The minimum Gasteiger partial charge on any atom is -0.264 e. The lowest BCUT2D eigenvalue weighted by molar-refractivity contribution is 0.775. The van der Waals surface area contributed by atoms with Gasteiger partial charge >= 0.3 is 0 Å². The van der Waals surface area contributed by atoms with Crippen LogP contribution in [0.5, 0.6) is 0 Å². The van der Waals surface area contributed by atoms with Crippen molar-refractivity contribution in [2.75, 3.05) is 0 Å². The van der Waals surface area contributed by atoms with Gasteiger partial charge in [0.15, 0.2) is 5.82 Å². The number of rotatable bonds is 3. The zero-order valence-electron chi connectivity index (χ0n) is 27.5. The third-order valence-electron chi connectivity index (χ3n) is 10.5. The number of benzene rings is 6. The highest BCUT2D eigenvalue weighted by Crippen LogP contribution is 2.61. The SMILES string of the molecule is N#Cc1ccc(-c2nc(-c3cccnc3)cc(-c3ccc4c(c3)C3(c5ccccc5-c5ccccc5-4)c4ccccc4-c4ccccc43)n2)cc1. The van der Waals surface area contributed by atoms with Crippen LogP contribution in [-0.4, -0.2) is 15.0 Å². The van der Waals surface area contributed by atoms with Gasteiger partial charge in [-0.05, 0) is 104 Å². The van der Waals surface area contributed by atoms with Crippen molar-refractivity contribution in [3.8, 4) is 73.4 Å². The zero-order chi connectivity index (χ0) is 33.9. The number of hydrogen-bond acceptors (Lipinski definition) is 4. The molecule has 51 heavy (non-hydrogen) atoms. The van der Waals surface area contributed by atoms with E-state index in [0.717, 1.165) is 28.1 Å². The van der Waals surface area contributed by atoms with Gasteiger partial charge in [-0.3, -0.25) is 4.98 Å². The van der Waals surface area contributed by atoms with Crippen molar-refractivity contribution in [3.05, 3.63) is 198 Å². The van der Waals surface area contributed by atoms with Crippen molar-refractivity contribution in [3.63, 3.8) is 0 Å². The number of pyridine rings is 1. The summed E-state index contributed by atoms with van der Waals surface area (Å²) in [6.07, 6.45) is 3.60. The molecular weight excluding hydrogens is 621 g/mol. The van der Waals surface area contributed by atoms with E-state index in [0.29, 0.717) is 11.4 Å². The standard InChI is InChI=1S/C47H28N4/c48-28-30-19-21-31(22-20-30)46-50-44(27-45(51-46)33-10-9-25-49-29-33)32-23-24-39-35-12-2-1-11-34(35)36-13-3-6-16-40(36)47(43(39)26-32)41-17-7-4-14-37(41)38-15-5-8-18-42(38)47/h1-27,29H. The number of hydrogen-bond donors (Lipinski definition) is 0. The lowest BCUT2D eigenvalue weighted by Crippen LogP contribution is -2.29. The maximum absolute atomic E-state index is 9.45. The molecule has 6 aromatic carbocycles. The largest absolute Gasteiger partial charge is 0.264 e. The van der Waals surface area contributed by atoms with Crippen molar-refractivity contribution in [2.45, 2.75) is 5.41 Å². The average Bonchev–Trinajstić information content (AvgIpc) is 3.46. The molecule has 2 aliphatic rings. The summed E-state index contributed by atoms with van der Waals surface area (Å²) in [5.41, 5.74) is 16.8. The van der Waals surface area contributed by atoms with E-state index in [2.05, 4.69) is 132 Å². The summed E-state index contributed by atoms with van der Waals surface area (Å²) >= 11 is 0. The van der Waals surface area contributed by atoms with Crippen molar-refractivity contribution in [1.82, 2.24) is 15.0 Å². The summed E-state index contributed by atoms with van der Waals surface area (Å²) in [5.74, 6) is 0.591. The third-order valence-corrected chi connectivity index (χ3v) is 10.5. The molecular formula is C47H28N4. The highest BCUT2D eigenvalue weighted by molar-refractivity contribution is 5.97. The molecule has 4 nitrogen and oxygen atoms in total. The first-order chi connectivity index (χ1) is 25.2. The van der Waals surface area contributed by atoms with Crippen molar-refractivity contribution >= 4 is 0 Å². The fourth-order valence-electron chi connectivity index (χ4n) is 8.29. The Morgan fingerprint density at radius 3 is 1.51 bits per heavy atom. The molecule has 0 atom stereocenters. The second kappa shape index (κ2) is 11.3. The first-order valence-corrected chi connectivity index (χ1v) is 17.1. The van der Waals surface area contributed by atoms with Crippen LogP contribution < -0.4 is 0 Å². The van der Waals surface area contributed by atoms with Crippen LogP contribution in [-0.2, 0) is 5.41 Å². The lowest BCUT2D eigenvalue weighted by Gasteiger charge is -2.35. The van der Waals surface area contributed by atoms with Crippen LogP contribution in [0.2, 0.25) is 0 Å². The summed E-state index contributed by atoms with van der Waals surface area (Å²) in [5, 5.41) is 9.45. The summed E-state index contributed by atoms with van der Waals surface area (Å²) in [7, 11) is 0. The van der Waals surface area contributed by atoms with Crippen LogP contribution in [0.3, 0.4) is 0 Å². The van der Waals surface area contributed by atoms with E-state index in [1.807, 2.05) is 42.6 Å². The van der Waals surface area contributed by atoms with Gasteiger partial charge in [-0.1, -0.05) is 109 Å². The molecule has 2 aromatic heterocycles. The van der Waals surface area contributed by atoms with E-state index in [-0.39, 0.29) is 0 Å². The normalized spacial score (nSPS) is 12.8. The minimum absolute atomic E-state index is 0.580. The molecule has 1 spiro atoms. The summed E-state index contributed by atoms with van der Waals surface area (Å²) in [6.45, 7) is 0. The van der Waals surface area contributed by atoms with Crippen molar-refractivity contribution < 1.29 is 0 Å². The molecule has 4 heteroatoms. The quantitative estimate of drug-likeness (QED) is 0.191. The minimum atomic E-state index is -0.580. The fraction of sp³-hybridized carbons (Fsp3) is 0.0213. The molecule has 236 valence electrons. The van der Waals surface area contributed by atoms with E-state index < -0.39 is 5.41 Å². The van der Waals surface area contributed by atoms with Gasteiger partial charge < -0.3 is 0 Å². The topological polar surface area (TPSA) is 62.5 Å². The van der Waals surface area contributed by atoms with E-state index in [4.69, 9.17) is 9.97 Å². The average molecular weight is 649 g/mol. The van der Waals surface area contributed by atoms with E-state index >= 15 is 0 Å². The van der Waals surface area contributed by atoms with E-state index in [9.17, 15) is 5.26 Å². The summed E-state index contributed by atoms with van der Waals surface area (Å²) in [4.78, 5) is 14.6. The van der Waals surface area contributed by atoms with Gasteiger partial charge in [0.25, 0.3) is 0 Å². The molecule has 0 unspecified atom stereocenters. The molecule has 0 N–H and O–H groups in total. The second-order valence-corrected chi connectivity index (χ2v) is 13.1. The maximum Gasteiger partial charge on any atom is 0.160 e. The van der Waals surface area contributed by atoms with Crippen LogP contribution in [0.1, 0.15) is 27.8 Å². The van der Waals surface area contributed by atoms with Crippen LogP contribution in [0.25, 0.3) is 67.3 Å². The Bertz CT molecular complexity index is 2660. The molecule has 0 bridgehead atoms. The molecule has 0 radical (unpaired) electrons. The maximum atomic E-state index is 9.45. The van der Waals surface area contributed by atoms with Crippen LogP contribution in [0.15, 0.2) is 170 Å². The first kappa shape index (κ1) is 29.0. The smallest absolute Gasteiger partial charge is 0.160 e. The fourth-order valence-corrected chi connectivity index (χ4v) is 8.29. The number of fused-ring (bicyclic) bond motifs is 12. The molecule has 2 aliphatic carbocycles. The molecule has 0 saturated heterocycles. The third kappa shape index (κ3) is 4.29. The molecule has 0 saturated carbocycles. The van der Waals surface area contributed by atoms with Gasteiger partial charge in [-0.15, -0.1) is 0 Å². The van der Waals surface area contributed by atoms with E-state index in [1.165, 1.54) is 55.6 Å². The van der Waals surface area contributed by atoms with Crippen LogP contribution >= 0.6 is 0 Å². The number of nitrogens with zero attached hydrogens (tertiary/aromatic N) is 4. The second-order valence-electron chi connectivity index (χ2n) is 13.1. The molecule has 2 heterocycles. The predicted molar refractivity (Wildman–Crippen MR) is 203 cm³/mol. The highest BCUT2D eigenvalue weighted by atomic mass is 14.9. The van der Waals surface area contributed by atoms with Gasteiger partial charge in [0.05, 0.1) is 28.4 Å². The molecule has 8 aromatic rings. The van der Waals surface area contributed by atoms with Crippen molar-refractivity contribution in [1.29, 1.82) is 5.26 Å². The van der Waals surface area contributed by atoms with Gasteiger partial charge in [-0.25, -0.2) is 9.97 Å². The molecule has 10 rings (SSSR count). The molecule has 0 aliphatic heterocycles. The first-order valence-electron chi connectivity index (χ1n) is 17.1. The van der Waals surface area contributed by atoms with Gasteiger partial charge in [0.1, 0.15) is 0 Å². The Kier molecular flexibility index (Phi) is 6.43. The summed E-state index contributed by atoms with van der Waals surface area (Å²) < 4.78 is 0. The van der Waals surface area contributed by atoms with Crippen molar-refractivity contribution in [2.24, 2.45) is 0 Å². The Balaban J connectivity index is 1.30. The zero-order valence-corrected chi connectivity index (χ0v) is 27.5. The monoisotopic (exact) mass is 648 g/mol. The van der Waals surface area contributed by atoms with E-state index in [1.54, 1.807) is 6.20 Å². The number of aromatic nitrogens is 3. The van der Waals surface area contributed by atoms with Gasteiger partial charge in [-0.2, -0.15) is 5.26 Å². The van der Waals surface area contributed by atoms with Gasteiger partial charge in [0, 0.05) is 29.1 Å².